The summed E-state index contributed by atoms with van der Waals surface area (Å²) in [7, 11) is 1.33. The van der Waals surface area contributed by atoms with Crippen LogP contribution in [0.3, 0.4) is 0 Å². The summed E-state index contributed by atoms with van der Waals surface area (Å²) in [5.41, 5.74) is 2.42. The number of ether oxygens (including phenoxy) is 1. The van der Waals surface area contributed by atoms with Crippen molar-refractivity contribution in [1.29, 1.82) is 0 Å². The number of methoxy groups -OCH3 is 1. The largest absolute Gasteiger partial charge is 0.465 e. The number of hydrogen-bond donors (Lipinski definition) is 1. The molecule has 0 unspecified atom stereocenters. The van der Waals surface area contributed by atoms with Gasteiger partial charge in [-0.15, -0.1) is 0 Å². The molecule has 1 aromatic heterocycles. The molecule has 1 saturated heterocycles. The van der Waals surface area contributed by atoms with Gasteiger partial charge in [0.15, 0.2) is 15.2 Å². The number of benzene rings is 1. The predicted octanol–water partition coefficient (Wildman–Crippen LogP) is 3.75. The Balaban J connectivity index is 1.59. The maximum absolute atomic E-state index is 11.5. The fourth-order valence-corrected chi connectivity index (χ4v) is 4.42. The molecule has 1 fully saturated rings. The lowest BCUT2D eigenvalue weighted by molar-refractivity contribution is 0.0606. The molecule has 0 spiro atoms. The fraction of sp³-hybridized carbons (Fsp3) is 0.375. The zero-order chi connectivity index (χ0) is 16.9. The SMILES string of the molecule is COC(=O)c1sc(NCc2ccc(N3CCSCC3)cc2)nc1Cl. The van der Waals surface area contributed by atoms with Crippen molar-refractivity contribution >= 4 is 51.5 Å². The van der Waals surface area contributed by atoms with Crippen molar-refractivity contribution in [3.63, 3.8) is 0 Å². The topological polar surface area (TPSA) is 54.5 Å². The van der Waals surface area contributed by atoms with Gasteiger partial charge in [0, 0.05) is 36.8 Å². The van der Waals surface area contributed by atoms with Crippen LogP contribution < -0.4 is 10.2 Å². The number of esters is 1. The molecular formula is C16H18ClN3O2S2. The number of aromatic nitrogens is 1. The van der Waals surface area contributed by atoms with Crippen LogP contribution >= 0.6 is 34.7 Å². The van der Waals surface area contributed by atoms with Crippen LogP contribution in [0.25, 0.3) is 0 Å². The number of carbonyl (C=O) groups is 1. The van der Waals surface area contributed by atoms with Gasteiger partial charge in [0.25, 0.3) is 0 Å². The second-order valence-electron chi connectivity index (χ2n) is 5.25. The van der Waals surface area contributed by atoms with E-state index in [0.29, 0.717) is 16.6 Å². The van der Waals surface area contributed by atoms with Crippen LogP contribution in [0.5, 0.6) is 0 Å². The van der Waals surface area contributed by atoms with Crippen LogP contribution in [0.1, 0.15) is 15.2 Å². The van der Waals surface area contributed by atoms with E-state index in [1.807, 2.05) is 11.8 Å². The van der Waals surface area contributed by atoms with Gasteiger partial charge in [-0.3, -0.25) is 0 Å². The van der Waals surface area contributed by atoms with Crippen LogP contribution in [0, 0.1) is 0 Å². The van der Waals surface area contributed by atoms with Crippen LogP contribution in [0.15, 0.2) is 24.3 Å². The number of carbonyl (C=O) groups excluding carboxylic acids is 1. The number of thiazole rings is 1. The normalized spacial score (nSPS) is 14.5. The molecule has 1 N–H and O–H groups in total. The Kier molecular flexibility index (Phi) is 5.86. The lowest BCUT2D eigenvalue weighted by Gasteiger charge is -2.28. The summed E-state index contributed by atoms with van der Waals surface area (Å²) in [6.07, 6.45) is 0. The molecule has 8 heteroatoms. The fourth-order valence-electron chi connectivity index (χ4n) is 2.42. The summed E-state index contributed by atoms with van der Waals surface area (Å²) in [5, 5.41) is 3.98. The van der Waals surface area contributed by atoms with E-state index in [1.54, 1.807) is 0 Å². The van der Waals surface area contributed by atoms with E-state index in [0.717, 1.165) is 18.7 Å². The molecule has 2 aromatic rings. The third-order valence-corrected chi connectivity index (χ3v) is 6.03. The molecule has 0 atom stereocenters. The third kappa shape index (κ3) is 4.15. The number of anilines is 2. The van der Waals surface area contributed by atoms with Gasteiger partial charge in [0.05, 0.1) is 7.11 Å². The van der Waals surface area contributed by atoms with Crippen molar-refractivity contribution in [1.82, 2.24) is 4.98 Å². The van der Waals surface area contributed by atoms with Crippen LogP contribution in [0.4, 0.5) is 10.8 Å². The Hall–Kier alpha value is -1.44. The highest BCUT2D eigenvalue weighted by Crippen LogP contribution is 2.28. The third-order valence-electron chi connectivity index (χ3n) is 3.71. The highest BCUT2D eigenvalue weighted by atomic mass is 35.5. The number of rotatable bonds is 5. The lowest BCUT2D eigenvalue weighted by Crippen LogP contribution is -2.32. The lowest BCUT2D eigenvalue weighted by atomic mass is 10.2. The average molecular weight is 384 g/mol. The number of nitrogens with zero attached hydrogens (tertiary/aromatic N) is 2. The molecule has 3 rings (SSSR count). The van der Waals surface area contributed by atoms with E-state index in [-0.39, 0.29) is 5.15 Å². The molecule has 0 radical (unpaired) electrons. The Morgan fingerprint density at radius 3 is 2.71 bits per heavy atom. The number of halogens is 1. The summed E-state index contributed by atoms with van der Waals surface area (Å²) in [5.74, 6) is 1.92. The second-order valence-corrected chi connectivity index (χ2v) is 7.83. The van der Waals surface area contributed by atoms with Gasteiger partial charge in [0.2, 0.25) is 0 Å². The van der Waals surface area contributed by atoms with Gasteiger partial charge in [-0.05, 0) is 17.7 Å². The molecule has 1 aromatic carbocycles. The summed E-state index contributed by atoms with van der Waals surface area (Å²) in [6, 6.07) is 8.53. The van der Waals surface area contributed by atoms with E-state index in [1.165, 1.54) is 35.6 Å². The van der Waals surface area contributed by atoms with Crippen LogP contribution in [-0.2, 0) is 11.3 Å². The Morgan fingerprint density at radius 1 is 1.33 bits per heavy atom. The van der Waals surface area contributed by atoms with Gasteiger partial charge >= 0.3 is 5.97 Å². The molecule has 0 amide bonds. The minimum absolute atomic E-state index is 0.174. The van der Waals surface area contributed by atoms with Crippen LogP contribution in [-0.4, -0.2) is 42.7 Å². The number of hydrogen-bond acceptors (Lipinski definition) is 7. The second kappa shape index (κ2) is 8.09. The van der Waals surface area contributed by atoms with Crippen molar-refractivity contribution in [2.45, 2.75) is 6.54 Å². The summed E-state index contributed by atoms with van der Waals surface area (Å²) in [6.45, 7) is 2.84. The molecule has 24 heavy (non-hydrogen) atoms. The maximum Gasteiger partial charge on any atom is 0.351 e. The standard InChI is InChI=1S/C16H18ClN3O2S2/c1-22-15(21)13-14(17)19-16(24-13)18-10-11-2-4-12(5-3-11)20-6-8-23-9-7-20/h2-5H,6-10H2,1H3,(H,18,19). The maximum atomic E-state index is 11.5. The van der Waals surface area contributed by atoms with E-state index < -0.39 is 5.97 Å². The number of thioether (sulfide) groups is 1. The molecule has 0 aliphatic carbocycles. The van der Waals surface area contributed by atoms with E-state index >= 15 is 0 Å². The molecule has 5 nitrogen and oxygen atoms in total. The monoisotopic (exact) mass is 383 g/mol. The Bertz CT molecular complexity index is 700. The summed E-state index contributed by atoms with van der Waals surface area (Å²) >= 11 is 9.16. The highest BCUT2D eigenvalue weighted by Gasteiger charge is 2.17. The molecule has 2 heterocycles. The van der Waals surface area contributed by atoms with E-state index in [4.69, 9.17) is 11.6 Å². The van der Waals surface area contributed by atoms with Gasteiger partial charge < -0.3 is 15.0 Å². The predicted molar refractivity (Wildman–Crippen MR) is 102 cm³/mol. The Labute approximate surface area is 154 Å². The zero-order valence-corrected chi connectivity index (χ0v) is 15.6. The molecule has 1 aliphatic heterocycles. The van der Waals surface area contributed by atoms with Crippen molar-refractivity contribution < 1.29 is 9.53 Å². The first-order valence-corrected chi connectivity index (χ1v) is 9.92. The number of nitrogens with one attached hydrogen (secondary N) is 1. The zero-order valence-electron chi connectivity index (χ0n) is 13.3. The van der Waals surface area contributed by atoms with Gasteiger partial charge in [0.1, 0.15) is 0 Å². The van der Waals surface area contributed by atoms with Crippen molar-refractivity contribution in [3.05, 3.63) is 39.9 Å². The quantitative estimate of drug-likeness (QED) is 0.793. The van der Waals surface area contributed by atoms with Crippen molar-refractivity contribution in [2.75, 3.05) is 41.9 Å². The highest BCUT2D eigenvalue weighted by molar-refractivity contribution is 7.99. The smallest absolute Gasteiger partial charge is 0.351 e. The average Bonchev–Trinajstić information content (AvgIpc) is 3.01. The molecule has 0 saturated carbocycles. The Morgan fingerprint density at radius 2 is 2.04 bits per heavy atom. The minimum atomic E-state index is -0.463. The molecular weight excluding hydrogens is 366 g/mol. The first-order chi connectivity index (χ1) is 11.7. The summed E-state index contributed by atoms with van der Waals surface area (Å²) < 4.78 is 4.68. The molecule has 1 aliphatic rings. The summed E-state index contributed by atoms with van der Waals surface area (Å²) in [4.78, 5) is 18.4. The van der Waals surface area contributed by atoms with E-state index in [2.05, 4.69) is 44.2 Å². The van der Waals surface area contributed by atoms with Crippen LogP contribution in [0.2, 0.25) is 5.15 Å². The minimum Gasteiger partial charge on any atom is -0.465 e. The van der Waals surface area contributed by atoms with Crippen molar-refractivity contribution in [2.24, 2.45) is 0 Å². The molecule has 128 valence electrons. The van der Waals surface area contributed by atoms with Crippen molar-refractivity contribution in [3.8, 4) is 0 Å². The van der Waals surface area contributed by atoms with Gasteiger partial charge in [-0.1, -0.05) is 35.1 Å². The van der Waals surface area contributed by atoms with E-state index in [9.17, 15) is 4.79 Å². The van der Waals surface area contributed by atoms with Gasteiger partial charge in [-0.2, -0.15) is 11.8 Å². The first-order valence-electron chi connectivity index (χ1n) is 7.57. The first kappa shape index (κ1) is 17.4. The van der Waals surface area contributed by atoms with Gasteiger partial charge in [-0.25, -0.2) is 9.78 Å². The molecule has 0 bridgehead atoms.